The quantitative estimate of drug-likeness (QED) is 0.552. The summed E-state index contributed by atoms with van der Waals surface area (Å²) in [5, 5.41) is 0. The highest BCUT2D eigenvalue weighted by Crippen LogP contribution is 2.61. The number of carbonyl (C=O) groups is 2. The van der Waals surface area contributed by atoms with Crippen molar-refractivity contribution in [1.82, 2.24) is 0 Å². The van der Waals surface area contributed by atoms with Gasteiger partial charge in [-0.05, 0) is 65.4 Å². The van der Waals surface area contributed by atoms with E-state index >= 15 is 0 Å². The van der Waals surface area contributed by atoms with Gasteiger partial charge in [0.1, 0.15) is 5.75 Å². The van der Waals surface area contributed by atoms with Crippen LogP contribution in [-0.2, 0) is 16.0 Å². The van der Waals surface area contributed by atoms with Crippen molar-refractivity contribution in [3.63, 3.8) is 0 Å². The Morgan fingerprint density at radius 2 is 1.34 bits per heavy atom. The molecule has 0 radical (unpaired) electrons. The van der Waals surface area contributed by atoms with Gasteiger partial charge in [0.15, 0.2) is 0 Å². The molecule has 0 aromatic heterocycles. The van der Waals surface area contributed by atoms with Crippen LogP contribution in [0.5, 0.6) is 5.75 Å². The minimum atomic E-state index is -0.353. The molecule has 7 rings (SSSR count). The SMILES string of the molecule is CCOc1ccc(N2C(=O)[C@@H]3[C@@H]4c5ccccc5[C@H](c5ccc(CC)cc54)[C@@H]3C2=O)cc1. The zero-order valence-electron chi connectivity index (χ0n) is 18.2. The first kappa shape index (κ1) is 19.3. The van der Waals surface area contributed by atoms with Crippen molar-refractivity contribution < 1.29 is 14.3 Å². The molecule has 1 fully saturated rings. The standard InChI is InChI=1S/C28H25NO3/c1-3-16-9-14-21-22(15-16)24-20-8-6-5-7-19(20)23(21)25-26(24)28(31)29(27(25)30)17-10-12-18(13-11-17)32-4-2/h5-15,23-26H,3-4H2,1-2H3/t23-,24-,25+,26-/m1/s1. The van der Waals surface area contributed by atoms with Crippen LogP contribution in [0.1, 0.15) is 53.5 Å². The fourth-order valence-electron chi connectivity index (χ4n) is 6.11. The zero-order chi connectivity index (χ0) is 22.0. The zero-order valence-corrected chi connectivity index (χ0v) is 18.2. The van der Waals surface area contributed by atoms with Crippen LogP contribution in [0.2, 0.25) is 0 Å². The molecule has 160 valence electrons. The monoisotopic (exact) mass is 423 g/mol. The molecule has 0 unspecified atom stereocenters. The van der Waals surface area contributed by atoms with Crippen molar-refractivity contribution in [2.75, 3.05) is 11.5 Å². The number of nitrogens with zero attached hydrogens (tertiary/aromatic N) is 1. The van der Waals surface area contributed by atoms with Gasteiger partial charge < -0.3 is 4.74 Å². The summed E-state index contributed by atoms with van der Waals surface area (Å²) in [5.41, 5.74) is 6.73. The summed E-state index contributed by atoms with van der Waals surface area (Å²) in [6, 6.07) is 22.3. The van der Waals surface area contributed by atoms with E-state index in [1.54, 1.807) is 0 Å². The van der Waals surface area contributed by atoms with Crippen LogP contribution >= 0.6 is 0 Å². The molecule has 4 nitrogen and oxygen atoms in total. The fraction of sp³-hybridized carbons (Fsp3) is 0.286. The number of aryl methyl sites for hydroxylation is 1. The lowest BCUT2D eigenvalue weighted by Crippen LogP contribution is -2.41. The summed E-state index contributed by atoms with van der Waals surface area (Å²) in [5.74, 6) is -0.291. The first-order chi connectivity index (χ1) is 15.6. The van der Waals surface area contributed by atoms with Gasteiger partial charge in [0.05, 0.1) is 24.1 Å². The predicted molar refractivity (Wildman–Crippen MR) is 123 cm³/mol. The third kappa shape index (κ3) is 2.49. The van der Waals surface area contributed by atoms with Gasteiger partial charge in [0.25, 0.3) is 0 Å². The molecule has 1 aliphatic heterocycles. The van der Waals surface area contributed by atoms with Gasteiger partial charge in [-0.25, -0.2) is 4.90 Å². The van der Waals surface area contributed by atoms with Crippen LogP contribution < -0.4 is 9.64 Å². The smallest absolute Gasteiger partial charge is 0.238 e. The van der Waals surface area contributed by atoms with E-state index in [1.807, 2.05) is 43.3 Å². The summed E-state index contributed by atoms with van der Waals surface area (Å²) >= 11 is 0. The number of hydrogen-bond acceptors (Lipinski definition) is 3. The number of ether oxygens (including phenoxy) is 1. The molecule has 3 aliphatic carbocycles. The minimum absolute atomic E-state index is 0.0770. The Kier molecular flexibility index (Phi) is 4.26. The molecule has 4 atom stereocenters. The maximum absolute atomic E-state index is 13.8. The van der Waals surface area contributed by atoms with Gasteiger partial charge in [-0.15, -0.1) is 0 Å². The lowest BCUT2D eigenvalue weighted by atomic mass is 9.55. The Morgan fingerprint density at radius 1 is 0.750 bits per heavy atom. The maximum atomic E-state index is 13.8. The lowest BCUT2D eigenvalue weighted by Gasteiger charge is -2.46. The van der Waals surface area contributed by atoms with E-state index in [0.717, 1.165) is 12.2 Å². The number of carbonyl (C=O) groups excluding carboxylic acids is 2. The summed E-state index contributed by atoms with van der Waals surface area (Å²) in [6.45, 7) is 4.66. The first-order valence-electron chi connectivity index (χ1n) is 11.5. The Labute approximate surface area is 187 Å². The largest absolute Gasteiger partial charge is 0.494 e. The Morgan fingerprint density at radius 3 is 1.94 bits per heavy atom. The van der Waals surface area contributed by atoms with Crippen LogP contribution in [0, 0.1) is 11.8 Å². The van der Waals surface area contributed by atoms with Crippen molar-refractivity contribution in [3.8, 4) is 5.75 Å². The molecule has 1 heterocycles. The molecule has 4 aliphatic rings. The Balaban J connectivity index is 1.49. The summed E-state index contributed by atoms with van der Waals surface area (Å²) in [7, 11) is 0. The predicted octanol–water partition coefficient (Wildman–Crippen LogP) is 5.04. The summed E-state index contributed by atoms with van der Waals surface area (Å²) in [4.78, 5) is 29.0. The average Bonchev–Trinajstić information content (AvgIpc) is 3.10. The minimum Gasteiger partial charge on any atom is -0.494 e. The van der Waals surface area contributed by atoms with Crippen LogP contribution in [0.3, 0.4) is 0 Å². The van der Waals surface area contributed by atoms with E-state index in [4.69, 9.17) is 4.74 Å². The van der Waals surface area contributed by atoms with Gasteiger partial charge in [-0.1, -0.05) is 49.4 Å². The third-order valence-electron chi connectivity index (χ3n) is 7.42. The molecule has 4 heteroatoms. The Hall–Kier alpha value is -3.40. The summed E-state index contributed by atoms with van der Waals surface area (Å²) in [6.07, 6.45) is 0.950. The third-order valence-corrected chi connectivity index (χ3v) is 7.42. The summed E-state index contributed by atoms with van der Waals surface area (Å²) < 4.78 is 5.53. The number of amides is 2. The highest BCUT2D eigenvalue weighted by molar-refractivity contribution is 6.23. The number of benzene rings is 3. The van der Waals surface area contributed by atoms with Crippen molar-refractivity contribution in [2.24, 2.45) is 11.8 Å². The number of rotatable bonds is 4. The van der Waals surface area contributed by atoms with E-state index in [1.165, 1.54) is 32.7 Å². The molecular formula is C28H25NO3. The van der Waals surface area contributed by atoms with Crippen molar-refractivity contribution in [2.45, 2.75) is 32.1 Å². The van der Waals surface area contributed by atoms with Crippen LogP contribution in [0.15, 0.2) is 66.7 Å². The second-order valence-electron chi connectivity index (χ2n) is 8.89. The van der Waals surface area contributed by atoms with Gasteiger partial charge in [-0.3, -0.25) is 9.59 Å². The molecular weight excluding hydrogens is 398 g/mol. The van der Waals surface area contributed by atoms with Gasteiger partial charge in [0.2, 0.25) is 11.8 Å². The second-order valence-corrected chi connectivity index (χ2v) is 8.89. The fourth-order valence-corrected chi connectivity index (χ4v) is 6.11. The van der Waals surface area contributed by atoms with Crippen LogP contribution in [0.4, 0.5) is 5.69 Å². The highest BCUT2D eigenvalue weighted by atomic mass is 16.5. The maximum Gasteiger partial charge on any atom is 0.238 e. The second kappa shape index (κ2) is 7.06. The Bertz CT molecular complexity index is 1250. The number of imide groups is 1. The molecule has 3 aromatic rings. The normalized spacial score (nSPS) is 24.9. The first-order valence-corrected chi connectivity index (χ1v) is 11.5. The molecule has 0 N–H and O–H groups in total. The topological polar surface area (TPSA) is 46.6 Å². The molecule has 2 amide bonds. The molecule has 0 saturated carbocycles. The molecule has 0 spiro atoms. The van der Waals surface area contributed by atoms with Crippen LogP contribution in [-0.4, -0.2) is 18.4 Å². The van der Waals surface area contributed by atoms with Crippen molar-refractivity contribution >= 4 is 17.5 Å². The van der Waals surface area contributed by atoms with Gasteiger partial charge >= 0.3 is 0 Å². The molecule has 1 saturated heterocycles. The van der Waals surface area contributed by atoms with Crippen molar-refractivity contribution in [1.29, 1.82) is 0 Å². The van der Waals surface area contributed by atoms with E-state index in [-0.39, 0.29) is 35.5 Å². The number of anilines is 1. The lowest BCUT2D eigenvalue weighted by molar-refractivity contribution is -0.122. The van der Waals surface area contributed by atoms with Crippen LogP contribution in [0.25, 0.3) is 0 Å². The molecule has 2 bridgehead atoms. The highest BCUT2D eigenvalue weighted by Gasteiger charge is 2.61. The molecule has 32 heavy (non-hydrogen) atoms. The van der Waals surface area contributed by atoms with E-state index < -0.39 is 0 Å². The van der Waals surface area contributed by atoms with E-state index in [2.05, 4.69) is 37.3 Å². The van der Waals surface area contributed by atoms with Gasteiger partial charge in [0, 0.05) is 11.8 Å². The number of hydrogen-bond donors (Lipinski definition) is 0. The van der Waals surface area contributed by atoms with Crippen molar-refractivity contribution in [3.05, 3.63) is 94.5 Å². The van der Waals surface area contributed by atoms with E-state index in [9.17, 15) is 9.59 Å². The van der Waals surface area contributed by atoms with Gasteiger partial charge in [-0.2, -0.15) is 0 Å². The average molecular weight is 424 g/mol. The molecule has 3 aromatic carbocycles. The van der Waals surface area contributed by atoms with E-state index in [0.29, 0.717) is 12.3 Å².